The lowest BCUT2D eigenvalue weighted by Crippen LogP contribution is -2.50. The van der Waals surface area contributed by atoms with Crippen molar-refractivity contribution in [2.75, 3.05) is 45.9 Å². The lowest BCUT2D eigenvalue weighted by molar-refractivity contribution is 0.0381. The zero-order valence-electron chi connectivity index (χ0n) is 78.8. The van der Waals surface area contributed by atoms with Gasteiger partial charge in [-0.25, -0.2) is 0 Å². The molecule has 5 heterocycles. The van der Waals surface area contributed by atoms with Gasteiger partial charge < -0.3 is 43.5 Å². The van der Waals surface area contributed by atoms with Crippen LogP contribution in [-0.4, -0.2) is 160 Å². The van der Waals surface area contributed by atoms with Crippen molar-refractivity contribution in [1.29, 1.82) is 0 Å². The molecule has 15 aromatic rings. The van der Waals surface area contributed by atoms with Crippen molar-refractivity contribution < 1.29 is 48.3 Å². The van der Waals surface area contributed by atoms with Crippen molar-refractivity contribution in [2.45, 2.75) is 260 Å². The molecule has 1 unspecified atom stereocenters. The predicted molar refractivity (Wildman–Crippen MR) is 564 cm³/mol. The lowest BCUT2D eigenvalue weighted by atomic mass is 9.84. The SMILES string of the molecule is C.C.C.C.C=C1CCc2c1ccc1c2c2c3c(ccc2n1CCO)C(=O)CC3.CC(=O)c1ccc2c(c1)c1cc(C(C)=O)ccc1n2CCN(C1CCC1)C1CCC1.CC(=O)c1ccc2c(c1)c1cc(C(C)=O)ccc1n2CCNC1CCC1.CCC(C)NCCn1c2ccc(C(C)=O)cc2c2cc(C(C)=O)ccc21.CCN(CC)CCn1c2ccc(C(C)=O)cc2c2cc(C(C)=O)ccc21. The number of rotatable bonds is 29. The highest BCUT2D eigenvalue weighted by Crippen LogP contribution is 2.45. The second-order valence-electron chi connectivity index (χ2n) is 37.1. The topological polar surface area (TPSA) is 229 Å². The monoisotopic (exact) mass is 1830 g/mol. The highest BCUT2D eigenvalue weighted by atomic mass is 16.3. The fourth-order valence-electron chi connectivity index (χ4n) is 20.4. The smallest absolute Gasteiger partial charge is 0.163 e. The number of Topliss-reactive ketones (excluding diaryl/α,β-unsaturated/α-hetero) is 9. The number of ketones is 9. The molecule has 1 atom stereocenters. The number of hydrogen-bond donors (Lipinski definition) is 3. The number of benzene rings is 10. The summed E-state index contributed by atoms with van der Waals surface area (Å²) in [5.74, 6) is 0.722. The summed E-state index contributed by atoms with van der Waals surface area (Å²) in [5, 5.41) is 27.5. The summed E-state index contributed by atoms with van der Waals surface area (Å²) in [5.41, 5.74) is 22.8. The maximum absolute atomic E-state index is 12.2. The third kappa shape index (κ3) is 20.7. The molecule has 20 rings (SSSR count). The number of aliphatic hydroxyl groups is 1. The van der Waals surface area contributed by atoms with Crippen LogP contribution in [0.25, 0.3) is 115 Å². The minimum Gasteiger partial charge on any atom is -0.395 e. The number of allylic oxidation sites excluding steroid dienone is 1. The molecule has 5 aromatic heterocycles. The summed E-state index contributed by atoms with van der Waals surface area (Å²) in [6.45, 7) is 35.7. The van der Waals surface area contributed by atoms with Crippen LogP contribution in [0.5, 0.6) is 0 Å². The molecule has 10 aromatic carbocycles. The number of hydrogen-bond acceptors (Lipinski definition) is 14. The van der Waals surface area contributed by atoms with Gasteiger partial charge in [0, 0.05) is 249 Å². The van der Waals surface area contributed by atoms with Gasteiger partial charge in [0.25, 0.3) is 0 Å². The van der Waals surface area contributed by atoms with Crippen molar-refractivity contribution in [2.24, 2.45) is 0 Å². The minimum atomic E-state index is 0. The molecule has 5 aliphatic rings. The van der Waals surface area contributed by atoms with E-state index in [4.69, 9.17) is 0 Å². The maximum Gasteiger partial charge on any atom is 0.163 e. The maximum atomic E-state index is 12.2. The number of carbonyl (C=O) groups excluding carboxylic acids is 9. The van der Waals surface area contributed by atoms with Gasteiger partial charge in [0.1, 0.15) is 0 Å². The van der Waals surface area contributed by atoms with Crippen LogP contribution in [0.4, 0.5) is 0 Å². The van der Waals surface area contributed by atoms with Gasteiger partial charge in [0.15, 0.2) is 52.0 Å². The quantitative estimate of drug-likeness (QED) is 0.0371. The third-order valence-electron chi connectivity index (χ3n) is 28.9. The Morgan fingerprint density at radius 3 is 0.949 bits per heavy atom. The van der Waals surface area contributed by atoms with Crippen LogP contribution in [-0.2, 0) is 45.6 Å². The highest BCUT2D eigenvalue weighted by Gasteiger charge is 2.35. The van der Waals surface area contributed by atoms with E-state index in [2.05, 4.69) is 108 Å². The molecule has 0 bridgehead atoms. The van der Waals surface area contributed by atoms with E-state index in [0.717, 1.165) is 213 Å². The number of nitrogens with one attached hydrogen (secondary N) is 2. The summed E-state index contributed by atoms with van der Waals surface area (Å²) in [6, 6.07) is 58.3. The van der Waals surface area contributed by atoms with Gasteiger partial charge in [-0.3, -0.25) is 48.1 Å². The Morgan fingerprint density at radius 1 is 0.368 bits per heavy atom. The Kier molecular flexibility index (Phi) is 33.4. The number of aliphatic hydroxyl groups excluding tert-OH is 1. The van der Waals surface area contributed by atoms with Gasteiger partial charge in [0.05, 0.1) is 6.61 Å². The molecule has 0 amide bonds. The van der Waals surface area contributed by atoms with E-state index in [1.165, 1.54) is 96.3 Å². The van der Waals surface area contributed by atoms with Gasteiger partial charge in [-0.15, -0.1) is 0 Å². The number of aromatic nitrogens is 5. The Hall–Kier alpha value is -12.2. The first kappa shape index (κ1) is 103. The molecule has 0 saturated heterocycles. The second-order valence-corrected chi connectivity index (χ2v) is 37.1. The number of likely N-dealkylation sites (N-methyl/N-ethyl adjacent to an activating group) is 1. The molecule has 136 heavy (non-hydrogen) atoms. The zero-order valence-corrected chi connectivity index (χ0v) is 78.8. The molecule has 3 fully saturated rings. The molecule has 19 heteroatoms. The van der Waals surface area contributed by atoms with Gasteiger partial charge >= 0.3 is 0 Å². The van der Waals surface area contributed by atoms with Crippen LogP contribution >= 0.6 is 0 Å². The molecule has 5 aliphatic carbocycles. The zero-order chi connectivity index (χ0) is 93.2. The summed E-state index contributed by atoms with van der Waals surface area (Å²) < 4.78 is 11.5. The Morgan fingerprint density at radius 2 is 0.654 bits per heavy atom. The normalized spacial score (nSPS) is 14.2. The Bertz CT molecular complexity index is 6590. The summed E-state index contributed by atoms with van der Waals surface area (Å²) >= 11 is 0. The van der Waals surface area contributed by atoms with E-state index < -0.39 is 0 Å². The predicted octanol–water partition coefficient (Wildman–Crippen LogP) is 25.5. The molecule has 0 spiro atoms. The molecule has 714 valence electrons. The van der Waals surface area contributed by atoms with Crippen molar-refractivity contribution in [1.82, 2.24) is 43.3 Å². The van der Waals surface area contributed by atoms with E-state index in [1.807, 2.05) is 140 Å². The number of carbonyl (C=O) groups is 9. The van der Waals surface area contributed by atoms with Crippen molar-refractivity contribution in [3.05, 3.63) is 243 Å². The largest absolute Gasteiger partial charge is 0.395 e. The van der Waals surface area contributed by atoms with Crippen LogP contribution in [0.3, 0.4) is 0 Å². The van der Waals surface area contributed by atoms with E-state index in [1.54, 1.807) is 55.4 Å². The summed E-state index contributed by atoms with van der Waals surface area (Å²) in [6.07, 6.45) is 16.5. The second kappa shape index (κ2) is 44.3. The number of fused-ring (bicyclic) bond motifs is 19. The fraction of sp³-hybridized carbons (Fsp3) is 0.393. The van der Waals surface area contributed by atoms with E-state index >= 15 is 0 Å². The fourth-order valence-corrected chi connectivity index (χ4v) is 20.4. The van der Waals surface area contributed by atoms with Crippen LogP contribution in [0.15, 0.2) is 176 Å². The van der Waals surface area contributed by atoms with E-state index in [9.17, 15) is 48.3 Å². The highest BCUT2D eigenvalue weighted by molar-refractivity contribution is 6.20. The summed E-state index contributed by atoms with van der Waals surface area (Å²) in [7, 11) is 0. The van der Waals surface area contributed by atoms with Crippen LogP contribution in [0.2, 0.25) is 0 Å². The van der Waals surface area contributed by atoms with Crippen LogP contribution in [0, 0.1) is 0 Å². The molecule has 3 saturated carbocycles. The van der Waals surface area contributed by atoms with Crippen molar-refractivity contribution >= 4 is 167 Å². The molecular formula is C117H141N9O10. The molecular weight excluding hydrogens is 1690 g/mol. The van der Waals surface area contributed by atoms with Crippen LogP contribution < -0.4 is 10.6 Å². The van der Waals surface area contributed by atoms with E-state index in [-0.39, 0.29) is 88.4 Å². The average molecular weight is 1830 g/mol. The number of aryl methyl sites for hydroxylation is 2. The van der Waals surface area contributed by atoms with Gasteiger partial charge in [0.2, 0.25) is 0 Å². The standard InChI is InChI=1S/C26H30N2O2.C22H24N2O2.2C22H26N2O2.C21H19NO2.4CH4/c1-17(29)19-9-11-25-23(15-19)24-16-20(18(2)30)10-12-26(24)28(25)14-13-27(21-5-3-6-21)22-7-4-8-22;1-14(25)16-6-8-21-19(12-16)20-13-17(15(2)26)7-9-22(20)24(21)11-10-23-18-4-3-5-18;1-5-14(2)23-10-11-24-21-8-6-17(15(3)25)12-19(21)20-13-18(16(4)26)7-9-22(20)24;1-5-23(6-2)11-12-24-21-9-7-17(15(3)25)13-19(21)20-14-18(16(4)26)8-10-22(20)24;1-12-2-3-15-13(12)4-7-17-20(15)21-16-6-9-19(24)14(16)5-8-18(21)22(17)10-11-23;;;;/h9-12,15-16,21-22H,3-8,13-14H2,1-2H3;6-9,12-13,18,23H,3-5,10-11H2,1-2H3;6-9,12-14,23H,5,10-11H2,1-4H3;7-10,13-14H,5-6,11-12H2,1-4H3;4-5,7-8,23H,1-3,6,9-11H2;4*1H4. The first-order chi connectivity index (χ1) is 63.6. The van der Waals surface area contributed by atoms with Gasteiger partial charge in [-0.05, 0) is 326 Å². The molecule has 3 N–H and O–H groups in total. The van der Waals surface area contributed by atoms with Crippen LogP contribution in [0.1, 0.15) is 300 Å². The molecule has 19 nitrogen and oxygen atoms in total. The number of nitrogens with zero attached hydrogens (tertiary/aromatic N) is 7. The Labute approximate surface area is 802 Å². The van der Waals surface area contributed by atoms with E-state index in [0.29, 0.717) is 58.4 Å². The lowest BCUT2D eigenvalue weighted by Gasteiger charge is -2.46. The Balaban J connectivity index is 0.000000152. The first-order valence-corrected chi connectivity index (χ1v) is 47.8. The van der Waals surface area contributed by atoms with Crippen molar-refractivity contribution in [3.63, 3.8) is 0 Å². The van der Waals surface area contributed by atoms with Crippen molar-refractivity contribution in [3.8, 4) is 0 Å². The van der Waals surface area contributed by atoms with Gasteiger partial charge in [-0.2, -0.15) is 0 Å². The summed E-state index contributed by atoms with van der Waals surface area (Å²) in [4.78, 5) is 112. The average Bonchev–Trinajstić information content (AvgIpc) is 1.56. The molecule has 0 radical (unpaired) electrons. The third-order valence-corrected chi connectivity index (χ3v) is 28.9. The van der Waals surface area contributed by atoms with Gasteiger partial charge in [-0.1, -0.05) is 82.4 Å². The minimum absolute atomic E-state index is 0. The molecule has 0 aliphatic heterocycles. The first-order valence-electron chi connectivity index (χ1n) is 47.8.